The highest BCUT2D eigenvalue weighted by atomic mass is 16.4. The van der Waals surface area contributed by atoms with Gasteiger partial charge >= 0.3 is 5.97 Å². The molecule has 3 aliphatic rings. The highest BCUT2D eigenvalue weighted by Gasteiger charge is 2.47. The number of nitrogens with zero attached hydrogens (tertiary/aromatic N) is 1. The van der Waals surface area contributed by atoms with Crippen molar-refractivity contribution in [2.24, 2.45) is 11.3 Å². The summed E-state index contributed by atoms with van der Waals surface area (Å²) in [6.45, 7) is 2.60. The molecule has 0 unspecified atom stereocenters. The predicted octanol–water partition coefficient (Wildman–Crippen LogP) is 2.51. The van der Waals surface area contributed by atoms with Crippen molar-refractivity contribution in [1.82, 2.24) is 4.90 Å². The van der Waals surface area contributed by atoms with Crippen LogP contribution < -0.4 is 0 Å². The van der Waals surface area contributed by atoms with Gasteiger partial charge in [-0.15, -0.1) is 0 Å². The molecule has 3 rings (SSSR count). The quantitative estimate of drug-likeness (QED) is 0.802. The summed E-state index contributed by atoms with van der Waals surface area (Å²) in [6.07, 6.45) is 9.73. The molecule has 3 fully saturated rings. The average molecular weight is 237 g/mol. The van der Waals surface area contributed by atoms with E-state index in [1.54, 1.807) is 0 Å². The van der Waals surface area contributed by atoms with E-state index in [-0.39, 0.29) is 5.92 Å². The van der Waals surface area contributed by atoms with Crippen molar-refractivity contribution in [2.45, 2.75) is 57.4 Å². The van der Waals surface area contributed by atoms with E-state index in [2.05, 4.69) is 4.90 Å². The first kappa shape index (κ1) is 11.5. The molecule has 1 saturated heterocycles. The predicted molar refractivity (Wildman–Crippen MR) is 65.9 cm³/mol. The molecular weight excluding hydrogens is 214 g/mol. The van der Waals surface area contributed by atoms with Crippen molar-refractivity contribution in [3.63, 3.8) is 0 Å². The van der Waals surface area contributed by atoms with Gasteiger partial charge in [-0.2, -0.15) is 0 Å². The van der Waals surface area contributed by atoms with E-state index in [0.29, 0.717) is 11.5 Å². The fraction of sp³-hybridized carbons (Fsp3) is 0.929. The van der Waals surface area contributed by atoms with Crippen LogP contribution in [0.5, 0.6) is 0 Å². The Hall–Kier alpha value is -0.570. The fourth-order valence-electron chi connectivity index (χ4n) is 4.20. The lowest BCUT2D eigenvalue weighted by molar-refractivity contribution is -0.143. The molecule has 1 spiro atoms. The van der Waals surface area contributed by atoms with Gasteiger partial charge in [0.1, 0.15) is 0 Å². The van der Waals surface area contributed by atoms with Gasteiger partial charge in [0.2, 0.25) is 0 Å². The van der Waals surface area contributed by atoms with Crippen LogP contribution in [0.3, 0.4) is 0 Å². The first-order valence-electron chi connectivity index (χ1n) is 7.15. The van der Waals surface area contributed by atoms with E-state index in [1.165, 1.54) is 38.8 Å². The maximum Gasteiger partial charge on any atom is 0.306 e. The van der Waals surface area contributed by atoms with Crippen molar-refractivity contribution in [3.8, 4) is 0 Å². The molecule has 0 amide bonds. The molecule has 0 bridgehead atoms. The van der Waals surface area contributed by atoms with Crippen molar-refractivity contribution in [1.29, 1.82) is 0 Å². The summed E-state index contributed by atoms with van der Waals surface area (Å²) in [4.78, 5) is 13.5. The van der Waals surface area contributed by atoms with E-state index in [1.807, 2.05) is 0 Å². The third-order valence-electron chi connectivity index (χ3n) is 5.30. The summed E-state index contributed by atoms with van der Waals surface area (Å²) < 4.78 is 0. The van der Waals surface area contributed by atoms with Crippen LogP contribution >= 0.6 is 0 Å². The van der Waals surface area contributed by atoms with Gasteiger partial charge in [-0.25, -0.2) is 0 Å². The zero-order chi connectivity index (χ0) is 11.9. The number of carbonyl (C=O) groups is 1. The first-order valence-corrected chi connectivity index (χ1v) is 7.15. The lowest BCUT2D eigenvalue weighted by Gasteiger charge is -2.53. The van der Waals surface area contributed by atoms with Gasteiger partial charge in [-0.05, 0) is 43.9 Å². The summed E-state index contributed by atoms with van der Waals surface area (Å²) >= 11 is 0. The number of rotatable bonds is 2. The minimum atomic E-state index is -0.584. The van der Waals surface area contributed by atoms with E-state index in [0.717, 1.165) is 25.7 Å². The van der Waals surface area contributed by atoms with E-state index in [4.69, 9.17) is 5.11 Å². The Labute approximate surface area is 103 Å². The molecule has 96 valence electrons. The fourth-order valence-corrected chi connectivity index (χ4v) is 4.20. The van der Waals surface area contributed by atoms with Gasteiger partial charge < -0.3 is 5.11 Å². The Bertz CT molecular complexity index is 293. The summed E-state index contributed by atoms with van der Waals surface area (Å²) in [6, 6.07) is 0.692. The molecule has 1 heterocycles. The number of carboxylic acids is 1. The lowest BCUT2D eigenvalue weighted by Crippen LogP contribution is -2.59. The van der Waals surface area contributed by atoms with Gasteiger partial charge in [-0.1, -0.05) is 12.8 Å². The number of carboxylic acid groups (broad SMARTS) is 1. The highest BCUT2D eigenvalue weighted by molar-refractivity contribution is 5.70. The third kappa shape index (κ3) is 2.10. The molecule has 1 aliphatic heterocycles. The van der Waals surface area contributed by atoms with Crippen LogP contribution in [0.1, 0.15) is 51.4 Å². The molecule has 0 aromatic heterocycles. The monoisotopic (exact) mass is 237 g/mol. The van der Waals surface area contributed by atoms with E-state index in [9.17, 15) is 4.79 Å². The maximum absolute atomic E-state index is 10.9. The summed E-state index contributed by atoms with van der Waals surface area (Å²) in [5.74, 6) is -0.646. The number of likely N-dealkylation sites (tertiary alicyclic amines) is 1. The molecule has 2 aliphatic carbocycles. The van der Waals surface area contributed by atoms with Crippen molar-refractivity contribution in [3.05, 3.63) is 0 Å². The van der Waals surface area contributed by atoms with Gasteiger partial charge in [0.05, 0.1) is 5.92 Å². The molecule has 3 nitrogen and oxygen atoms in total. The van der Waals surface area contributed by atoms with Crippen molar-refractivity contribution in [2.75, 3.05) is 13.1 Å². The Morgan fingerprint density at radius 3 is 2.18 bits per heavy atom. The maximum atomic E-state index is 10.9. The van der Waals surface area contributed by atoms with Crippen LogP contribution in [0.25, 0.3) is 0 Å². The topological polar surface area (TPSA) is 40.5 Å². The Balaban J connectivity index is 1.47. The molecule has 2 saturated carbocycles. The van der Waals surface area contributed by atoms with Crippen LogP contribution in [0.15, 0.2) is 0 Å². The molecule has 1 N–H and O–H groups in total. The zero-order valence-corrected chi connectivity index (χ0v) is 10.5. The van der Waals surface area contributed by atoms with Crippen molar-refractivity contribution >= 4 is 5.97 Å². The minimum Gasteiger partial charge on any atom is -0.481 e. The van der Waals surface area contributed by atoms with E-state index >= 15 is 0 Å². The van der Waals surface area contributed by atoms with Crippen LogP contribution in [0.4, 0.5) is 0 Å². The molecule has 0 aromatic rings. The second-order valence-corrected chi connectivity index (χ2v) is 6.46. The van der Waals surface area contributed by atoms with Gasteiger partial charge in [0.15, 0.2) is 0 Å². The molecule has 0 atom stereocenters. The number of aliphatic carboxylic acids is 1. The molecule has 0 radical (unpaired) electrons. The van der Waals surface area contributed by atoms with Crippen molar-refractivity contribution < 1.29 is 9.90 Å². The van der Waals surface area contributed by atoms with Crippen LogP contribution in [0.2, 0.25) is 0 Å². The van der Waals surface area contributed by atoms with Crippen LogP contribution in [-0.2, 0) is 4.79 Å². The second kappa shape index (κ2) is 4.27. The Kier molecular flexibility index (Phi) is 2.89. The Morgan fingerprint density at radius 2 is 1.65 bits per heavy atom. The molecule has 0 aromatic carbocycles. The summed E-state index contributed by atoms with van der Waals surface area (Å²) in [5.41, 5.74) is 0.684. The zero-order valence-electron chi connectivity index (χ0n) is 10.5. The number of hydrogen-bond donors (Lipinski definition) is 1. The van der Waals surface area contributed by atoms with Gasteiger partial charge in [0.25, 0.3) is 0 Å². The van der Waals surface area contributed by atoms with Crippen LogP contribution in [-0.4, -0.2) is 35.1 Å². The highest BCUT2D eigenvalue weighted by Crippen LogP contribution is 2.47. The average Bonchev–Trinajstić information content (AvgIpc) is 2.76. The second-order valence-electron chi connectivity index (χ2n) is 6.46. The smallest absolute Gasteiger partial charge is 0.306 e. The normalized spacial score (nSPS) is 36.9. The summed E-state index contributed by atoms with van der Waals surface area (Å²) in [5, 5.41) is 8.99. The summed E-state index contributed by atoms with van der Waals surface area (Å²) in [7, 11) is 0. The standard InChI is InChI=1S/C14H23NO2/c16-13(17)11-3-5-12(6-4-11)15-9-14(10-15)7-1-2-8-14/h11-12H,1-10H2,(H,16,17). The van der Waals surface area contributed by atoms with Gasteiger partial charge in [0, 0.05) is 19.1 Å². The first-order chi connectivity index (χ1) is 8.19. The molecule has 17 heavy (non-hydrogen) atoms. The van der Waals surface area contributed by atoms with Crippen LogP contribution in [0, 0.1) is 11.3 Å². The lowest BCUT2D eigenvalue weighted by atomic mass is 9.75. The largest absolute Gasteiger partial charge is 0.481 e. The third-order valence-corrected chi connectivity index (χ3v) is 5.30. The number of hydrogen-bond acceptors (Lipinski definition) is 2. The molecule has 3 heteroatoms. The molecular formula is C14H23NO2. The Morgan fingerprint density at radius 1 is 1.06 bits per heavy atom. The minimum absolute atomic E-state index is 0.0621. The van der Waals surface area contributed by atoms with Gasteiger partial charge in [-0.3, -0.25) is 9.69 Å². The van der Waals surface area contributed by atoms with E-state index < -0.39 is 5.97 Å². The SMILES string of the molecule is O=C(O)C1CCC(N2CC3(CCCC3)C2)CC1.